The Morgan fingerprint density at radius 2 is 1.86 bits per heavy atom. The molecule has 0 saturated carbocycles. The molecule has 6 heteroatoms. The summed E-state index contributed by atoms with van der Waals surface area (Å²) in [5, 5.41) is 13.4. The molecule has 0 unspecified atom stereocenters. The Hall–Kier alpha value is -3.00. The van der Waals surface area contributed by atoms with E-state index in [1.165, 1.54) is 0 Å². The zero-order valence-electron chi connectivity index (χ0n) is 16.3. The van der Waals surface area contributed by atoms with Crippen LogP contribution < -0.4 is 5.32 Å². The minimum absolute atomic E-state index is 0.0222. The number of nitrogens with zero attached hydrogens (tertiary/aromatic N) is 2. The van der Waals surface area contributed by atoms with E-state index in [4.69, 9.17) is 23.2 Å². The molecule has 3 aromatic rings. The van der Waals surface area contributed by atoms with Crippen LogP contribution in [-0.2, 0) is 4.79 Å². The number of carbonyl (C=O) groups excluding carboxylic acids is 1. The standard InChI is InChI=1S/C23H19Cl2N3O/c1-14-5-4-6-20(9-14)27-23(29)18(13-26)11-17-10-15(2)28(16(17)3)22-8-7-19(24)12-21(22)25/h4-12H,1-3H3,(H,27,29)/b18-11-. The average Bonchev–Trinajstić information content (AvgIpc) is 2.93. The van der Waals surface area contributed by atoms with Crippen molar-refractivity contribution >= 4 is 40.9 Å². The Morgan fingerprint density at radius 1 is 1.10 bits per heavy atom. The predicted octanol–water partition coefficient (Wildman–Crippen LogP) is 6.26. The molecule has 0 bridgehead atoms. The Labute approximate surface area is 180 Å². The fourth-order valence-electron chi connectivity index (χ4n) is 3.19. The molecule has 1 N–H and O–H groups in total. The highest BCUT2D eigenvalue weighted by Gasteiger charge is 2.15. The summed E-state index contributed by atoms with van der Waals surface area (Å²) in [6, 6.07) is 16.6. The SMILES string of the molecule is Cc1cccc(NC(=O)/C(C#N)=C\c2cc(C)n(-c3ccc(Cl)cc3Cl)c2C)c1. The summed E-state index contributed by atoms with van der Waals surface area (Å²) in [6.45, 7) is 5.79. The van der Waals surface area contributed by atoms with Crippen LogP contribution in [0.5, 0.6) is 0 Å². The maximum atomic E-state index is 12.6. The van der Waals surface area contributed by atoms with Crippen molar-refractivity contribution in [3.05, 3.63) is 86.7 Å². The quantitative estimate of drug-likeness (QED) is 0.397. The van der Waals surface area contributed by atoms with Gasteiger partial charge in [0.1, 0.15) is 11.6 Å². The molecule has 29 heavy (non-hydrogen) atoms. The molecule has 2 aromatic carbocycles. The number of aromatic nitrogens is 1. The molecule has 0 aliphatic carbocycles. The van der Waals surface area contributed by atoms with E-state index in [2.05, 4.69) is 5.32 Å². The molecule has 0 fully saturated rings. The average molecular weight is 424 g/mol. The van der Waals surface area contributed by atoms with Gasteiger partial charge in [0.15, 0.2) is 0 Å². The van der Waals surface area contributed by atoms with Crippen LogP contribution >= 0.6 is 23.2 Å². The predicted molar refractivity (Wildman–Crippen MR) is 119 cm³/mol. The summed E-state index contributed by atoms with van der Waals surface area (Å²) >= 11 is 12.4. The van der Waals surface area contributed by atoms with Gasteiger partial charge in [-0.3, -0.25) is 4.79 Å². The van der Waals surface area contributed by atoms with Crippen LogP contribution in [0.25, 0.3) is 11.8 Å². The Kier molecular flexibility index (Phi) is 6.12. The highest BCUT2D eigenvalue weighted by Crippen LogP contribution is 2.29. The van der Waals surface area contributed by atoms with Crippen molar-refractivity contribution in [3.8, 4) is 11.8 Å². The minimum Gasteiger partial charge on any atom is -0.321 e. The number of rotatable bonds is 4. The second-order valence-corrected chi connectivity index (χ2v) is 7.59. The molecule has 0 saturated heterocycles. The third kappa shape index (κ3) is 4.54. The Bertz CT molecular complexity index is 1170. The number of carbonyl (C=O) groups is 1. The Balaban J connectivity index is 1.96. The van der Waals surface area contributed by atoms with Crippen molar-refractivity contribution in [2.75, 3.05) is 5.32 Å². The molecule has 0 spiro atoms. The molecular weight excluding hydrogens is 405 g/mol. The first-order valence-corrected chi connectivity index (χ1v) is 9.70. The molecule has 0 atom stereocenters. The van der Waals surface area contributed by atoms with E-state index < -0.39 is 5.91 Å². The summed E-state index contributed by atoms with van der Waals surface area (Å²) in [5.74, 6) is -0.451. The van der Waals surface area contributed by atoms with Gasteiger partial charge in [0.2, 0.25) is 0 Å². The molecule has 1 aromatic heterocycles. The van der Waals surface area contributed by atoms with Gasteiger partial charge in [0.05, 0.1) is 10.7 Å². The van der Waals surface area contributed by atoms with Gasteiger partial charge < -0.3 is 9.88 Å². The number of amides is 1. The van der Waals surface area contributed by atoms with E-state index in [0.717, 1.165) is 28.2 Å². The van der Waals surface area contributed by atoms with Crippen LogP contribution in [-0.4, -0.2) is 10.5 Å². The third-order valence-corrected chi connectivity index (χ3v) is 5.10. The molecule has 0 radical (unpaired) electrons. The van der Waals surface area contributed by atoms with Crippen LogP contribution in [0.4, 0.5) is 5.69 Å². The van der Waals surface area contributed by atoms with E-state index in [1.54, 1.807) is 24.3 Å². The molecule has 1 amide bonds. The molecule has 3 rings (SSSR count). The van der Waals surface area contributed by atoms with Crippen molar-refractivity contribution in [3.63, 3.8) is 0 Å². The summed E-state index contributed by atoms with van der Waals surface area (Å²) in [5.41, 5.74) is 5.03. The van der Waals surface area contributed by atoms with Crippen molar-refractivity contribution in [2.24, 2.45) is 0 Å². The van der Waals surface area contributed by atoms with Gasteiger partial charge in [-0.05, 0) is 74.4 Å². The van der Waals surface area contributed by atoms with E-state index in [0.29, 0.717) is 15.7 Å². The van der Waals surface area contributed by atoms with Crippen molar-refractivity contribution in [2.45, 2.75) is 20.8 Å². The van der Waals surface area contributed by atoms with Crippen LogP contribution in [0.3, 0.4) is 0 Å². The third-order valence-electron chi connectivity index (χ3n) is 4.56. The first-order valence-electron chi connectivity index (χ1n) is 8.94. The molecule has 146 valence electrons. The van der Waals surface area contributed by atoms with Gasteiger partial charge in [-0.25, -0.2) is 0 Å². The molecule has 0 aliphatic rings. The fraction of sp³-hybridized carbons (Fsp3) is 0.130. The molecule has 4 nitrogen and oxygen atoms in total. The zero-order chi connectivity index (χ0) is 21.1. The van der Waals surface area contributed by atoms with Crippen molar-refractivity contribution < 1.29 is 4.79 Å². The number of anilines is 1. The maximum absolute atomic E-state index is 12.6. The van der Waals surface area contributed by atoms with Crippen molar-refractivity contribution in [1.29, 1.82) is 5.26 Å². The van der Waals surface area contributed by atoms with Crippen LogP contribution in [0.1, 0.15) is 22.5 Å². The fourth-order valence-corrected chi connectivity index (χ4v) is 3.69. The molecule has 0 aliphatic heterocycles. The topological polar surface area (TPSA) is 57.8 Å². The van der Waals surface area contributed by atoms with Gasteiger partial charge in [-0.2, -0.15) is 5.26 Å². The number of hydrogen-bond acceptors (Lipinski definition) is 2. The van der Waals surface area contributed by atoms with Crippen LogP contribution in [0, 0.1) is 32.1 Å². The lowest BCUT2D eigenvalue weighted by Gasteiger charge is -2.12. The number of hydrogen-bond donors (Lipinski definition) is 1. The van der Waals surface area contributed by atoms with Gasteiger partial charge in [0.25, 0.3) is 5.91 Å². The smallest absolute Gasteiger partial charge is 0.266 e. The maximum Gasteiger partial charge on any atom is 0.266 e. The lowest BCUT2D eigenvalue weighted by molar-refractivity contribution is -0.112. The van der Waals surface area contributed by atoms with Crippen molar-refractivity contribution in [1.82, 2.24) is 4.57 Å². The number of aryl methyl sites for hydroxylation is 2. The van der Waals surface area contributed by atoms with Gasteiger partial charge in [-0.1, -0.05) is 35.3 Å². The van der Waals surface area contributed by atoms with E-state index in [-0.39, 0.29) is 5.57 Å². The molecule has 1 heterocycles. The van der Waals surface area contributed by atoms with E-state index >= 15 is 0 Å². The Morgan fingerprint density at radius 3 is 2.52 bits per heavy atom. The minimum atomic E-state index is -0.451. The van der Waals surface area contributed by atoms with Gasteiger partial charge in [-0.15, -0.1) is 0 Å². The normalized spacial score (nSPS) is 11.2. The van der Waals surface area contributed by atoms with E-state index in [9.17, 15) is 10.1 Å². The van der Waals surface area contributed by atoms with E-state index in [1.807, 2.05) is 61.7 Å². The van der Waals surface area contributed by atoms with Crippen LogP contribution in [0.15, 0.2) is 54.1 Å². The number of halogens is 2. The highest BCUT2D eigenvalue weighted by molar-refractivity contribution is 6.35. The number of nitriles is 1. The second-order valence-electron chi connectivity index (χ2n) is 6.75. The second kappa shape index (κ2) is 8.57. The lowest BCUT2D eigenvalue weighted by Crippen LogP contribution is -2.13. The summed E-state index contributed by atoms with van der Waals surface area (Å²) < 4.78 is 1.97. The zero-order valence-corrected chi connectivity index (χ0v) is 17.8. The largest absolute Gasteiger partial charge is 0.321 e. The lowest BCUT2D eigenvalue weighted by atomic mass is 10.1. The number of benzene rings is 2. The summed E-state index contributed by atoms with van der Waals surface area (Å²) in [6.07, 6.45) is 1.59. The first kappa shape index (κ1) is 20.7. The highest BCUT2D eigenvalue weighted by atomic mass is 35.5. The molecular formula is C23H19Cl2N3O. The number of nitrogens with one attached hydrogen (secondary N) is 1. The van der Waals surface area contributed by atoms with Crippen LogP contribution in [0.2, 0.25) is 10.0 Å². The summed E-state index contributed by atoms with van der Waals surface area (Å²) in [4.78, 5) is 12.6. The first-order chi connectivity index (χ1) is 13.8. The monoisotopic (exact) mass is 423 g/mol. The summed E-state index contributed by atoms with van der Waals surface area (Å²) in [7, 11) is 0. The van der Waals surface area contributed by atoms with Gasteiger partial charge >= 0.3 is 0 Å². The van der Waals surface area contributed by atoms with Gasteiger partial charge in [0, 0.05) is 22.1 Å².